The van der Waals surface area contributed by atoms with Gasteiger partial charge in [-0.15, -0.1) is 0 Å². The molecule has 6 nitrogen and oxygen atoms in total. The summed E-state index contributed by atoms with van der Waals surface area (Å²) in [6.45, 7) is 0.354. The minimum Gasteiger partial charge on any atom is -0.352 e. The van der Waals surface area contributed by atoms with Crippen LogP contribution in [0.3, 0.4) is 0 Å². The molecular weight excluding hydrogens is 313 g/mol. The fourth-order valence-electron chi connectivity index (χ4n) is 2.04. The molecule has 0 bridgehead atoms. The maximum atomic E-state index is 12.0. The maximum Gasteiger partial charge on any atom is 0.278 e. The number of aryl methyl sites for hydroxylation is 1. The molecule has 2 heterocycles. The van der Waals surface area contributed by atoms with Gasteiger partial charge in [-0.25, -0.2) is 4.98 Å². The van der Waals surface area contributed by atoms with E-state index in [4.69, 9.17) is 23.2 Å². The number of hydrogen-bond donors (Lipinski definition) is 2. The zero-order valence-corrected chi connectivity index (χ0v) is 12.5. The minimum absolute atomic E-state index is 0.257. The lowest BCUT2D eigenvalue weighted by Gasteiger charge is -2.09. The minimum atomic E-state index is -0.257. The number of nitrogens with one attached hydrogen (secondary N) is 2. The molecule has 0 unspecified atom stereocenters. The highest BCUT2D eigenvalue weighted by Crippen LogP contribution is 2.24. The Morgan fingerprint density at radius 3 is 2.76 bits per heavy atom. The van der Waals surface area contributed by atoms with Gasteiger partial charge >= 0.3 is 0 Å². The predicted molar refractivity (Wildman–Crippen MR) is 82.9 cm³/mol. The van der Waals surface area contributed by atoms with Crippen LogP contribution in [0.2, 0.25) is 10.0 Å². The van der Waals surface area contributed by atoms with E-state index in [9.17, 15) is 4.79 Å². The summed E-state index contributed by atoms with van der Waals surface area (Å²) in [7, 11) is 1.69. The lowest BCUT2D eigenvalue weighted by atomic mass is 10.2. The molecule has 0 saturated heterocycles. The van der Waals surface area contributed by atoms with Gasteiger partial charge in [0, 0.05) is 29.2 Å². The topological polar surface area (TPSA) is 75.6 Å². The van der Waals surface area contributed by atoms with Crippen molar-refractivity contribution in [3.63, 3.8) is 0 Å². The number of aromatic amines is 1. The molecule has 0 amide bonds. The van der Waals surface area contributed by atoms with Crippen molar-refractivity contribution >= 4 is 40.2 Å². The molecule has 108 valence electrons. The van der Waals surface area contributed by atoms with Gasteiger partial charge in [0.25, 0.3) is 5.56 Å². The summed E-state index contributed by atoms with van der Waals surface area (Å²) in [6.07, 6.45) is 1.54. The number of aromatic nitrogens is 4. The van der Waals surface area contributed by atoms with Crippen molar-refractivity contribution in [2.45, 2.75) is 6.54 Å². The SMILES string of the molecule is Cn1ncc2nc(NCc3c(Cl)cccc3Cl)[nH]c(=O)c21. The standard InChI is InChI=1S/C13H11Cl2N5O/c1-20-11-10(6-17-20)18-13(19-12(11)21)16-5-7-8(14)3-2-4-9(7)15/h2-4,6H,5H2,1H3,(H2,16,18,19,21). The molecule has 0 atom stereocenters. The van der Waals surface area contributed by atoms with Gasteiger partial charge in [-0.1, -0.05) is 29.3 Å². The van der Waals surface area contributed by atoms with Crippen molar-refractivity contribution in [2.24, 2.45) is 7.05 Å². The number of halogens is 2. The maximum absolute atomic E-state index is 12.0. The fraction of sp³-hybridized carbons (Fsp3) is 0.154. The Labute approximate surface area is 129 Å². The first kappa shape index (κ1) is 13.9. The molecule has 2 N–H and O–H groups in total. The number of H-pyrrole nitrogens is 1. The smallest absolute Gasteiger partial charge is 0.278 e. The zero-order valence-electron chi connectivity index (χ0n) is 11.0. The van der Waals surface area contributed by atoms with Crippen molar-refractivity contribution in [3.8, 4) is 0 Å². The first-order chi connectivity index (χ1) is 10.1. The van der Waals surface area contributed by atoms with E-state index in [1.54, 1.807) is 25.2 Å². The Morgan fingerprint density at radius 1 is 1.33 bits per heavy atom. The van der Waals surface area contributed by atoms with Crippen molar-refractivity contribution in [1.29, 1.82) is 0 Å². The summed E-state index contributed by atoms with van der Waals surface area (Å²) in [5.74, 6) is 0.344. The Balaban J connectivity index is 1.91. The highest BCUT2D eigenvalue weighted by Gasteiger charge is 2.09. The van der Waals surface area contributed by atoms with Gasteiger partial charge in [0.05, 0.1) is 6.20 Å². The number of rotatable bonds is 3. The van der Waals surface area contributed by atoms with Crippen molar-refractivity contribution in [3.05, 3.63) is 50.4 Å². The average molecular weight is 324 g/mol. The molecule has 0 radical (unpaired) electrons. The number of fused-ring (bicyclic) bond motifs is 1. The van der Waals surface area contributed by atoms with Crippen LogP contribution in [0.1, 0.15) is 5.56 Å². The van der Waals surface area contributed by atoms with E-state index in [1.165, 1.54) is 10.9 Å². The van der Waals surface area contributed by atoms with Gasteiger partial charge in [0.1, 0.15) is 5.52 Å². The van der Waals surface area contributed by atoms with Crippen LogP contribution in [0.4, 0.5) is 5.95 Å². The number of anilines is 1. The third kappa shape index (κ3) is 2.59. The molecule has 0 fully saturated rings. The summed E-state index contributed by atoms with van der Waals surface area (Å²) in [5, 5.41) is 8.13. The fourth-order valence-corrected chi connectivity index (χ4v) is 2.57. The Hall–Kier alpha value is -2.05. The van der Waals surface area contributed by atoms with Crippen molar-refractivity contribution in [2.75, 3.05) is 5.32 Å². The van der Waals surface area contributed by atoms with Gasteiger partial charge < -0.3 is 5.32 Å². The van der Waals surface area contributed by atoms with E-state index in [-0.39, 0.29) is 5.56 Å². The summed E-state index contributed by atoms with van der Waals surface area (Å²) >= 11 is 12.2. The second kappa shape index (κ2) is 5.38. The van der Waals surface area contributed by atoms with Crippen LogP contribution >= 0.6 is 23.2 Å². The van der Waals surface area contributed by atoms with Crippen LogP contribution in [0, 0.1) is 0 Å². The Kier molecular flexibility index (Phi) is 3.57. The van der Waals surface area contributed by atoms with Gasteiger partial charge in [-0.2, -0.15) is 5.10 Å². The van der Waals surface area contributed by atoms with Crippen molar-refractivity contribution < 1.29 is 0 Å². The molecule has 0 spiro atoms. The summed E-state index contributed by atoms with van der Waals surface area (Å²) in [6, 6.07) is 5.28. The van der Waals surface area contributed by atoms with Crippen LogP contribution in [0.15, 0.2) is 29.2 Å². The monoisotopic (exact) mass is 323 g/mol. The number of nitrogens with zero attached hydrogens (tertiary/aromatic N) is 3. The highest BCUT2D eigenvalue weighted by atomic mass is 35.5. The van der Waals surface area contributed by atoms with E-state index in [0.717, 1.165) is 5.56 Å². The average Bonchev–Trinajstić information content (AvgIpc) is 2.80. The van der Waals surface area contributed by atoms with E-state index >= 15 is 0 Å². The summed E-state index contributed by atoms with van der Waals surface area (Å²) in [5.41, 5.74) is 1.44. The van der Waals surface area contributed by atoms with Gasteiger partial charge in [-0.3, -0.25) is 14.5 Å². The summed E-state index contributed by atoms with van der Waals surface area (Å²) < 4.78 is 1.48. The third-order valence-electron chi connectivity index (χ3n) is 3.09. The van der Waals surface area contributed by atoms with Crippen LogP contribution in [-0.4, -0.2) is 19.7 Å². The van der Waals surface area contributed by atoms with E-state index in [2.05, 4.69) is 20.4 Å². The van der Waals surface area contributed by atoms with E-state index in [0.29, 0.717) is 33.6 Å². The van der Waals surface area contributed by atoms with Gasteiger partial charge in [-0.05, 0) is 12.1 Å². The molecule has 0 aliphatic heterocycles. The molecular formula is C13H11Cl2N5O. The number of hydrogen-bond acceptors (Lipinski definition) is 4. The normalized spacial score (nSPS) is 11.0. The molecule has 21 heavy (non-hydrogen) atoms. The predicted octanol–water partition coefficient (Wildman–Crippen LogP) is 2.58. The number of benzene rings is 1. The first-order valence-electron chi connectivity index (χ1n) is 6.15. The molecule has 0 aliphatic carbocycles. The molecule has 8 heteroatoms. The molecule has 1 aromatic carbocycles. The highest BCUT2D eigenvalue weighted by molar-refractivity contribution is 6.36. The second-order valence-electron chi connectivity index (χ2n) is 4.47. The molecule has 0 saturated carbocycles. The third-order valence-corrected chi connectivity index (χ3v) is 3.80. The second-order valence-corrected chi connectivity index (χ2v) is 5.28. The summed E-state index contributed by atoms with van der Waals surface area (Å²) in [4.78, 5) is 18.9. The Morgan fingerprint density at radius 2 is 2.05 bits per heavy atom. The van der Waals surface area contributed by atoms with Crippen molar-refractivity contribution in [1.82, 2.24) is 19.7 Å². The molecule has 3 rings (SSSR count). The molecule has 3 aromatic rings. The Bertz CT molecular complexity index is 850. The quantitative estimate of drug-likeness (QED) is 0.776. The molecule has 2 aromatic heterocycles. The van der Waals surface area contributed by atoms with Crippen LogP contribution < -0.4 is 10.9 Å². The van der Waals surface area contributed by atoms with Crippen LogP contribution in [-0.2, 0) is 13.6 Å². The van der Waals surface area contributed by atoms with Gasteiger partial charge in [0.2, 0.25) is 5.95 Å². The largest absolute Gasteiger partial charge is 0.352 e. The first-order valence-corrected chi connectivity index (χ1v) is 6.90. The van der Waals surface area contributed by atoms with Gasteiger partial charge in [0.15, 0.2) is 5.52 Å². The lowest BCUT2D eigenvalue weighted by molar-refractivity contribution is 0.792. The van der Waals surface area contributed by atoms with Crippen LogP contribution in [0.25, 0.3) is 11.0 Å². The lowest BCUT2D eigenvalue weighted by Crippen LogP contribution is -2.15. The zero-order chi connectivity index (χ0) is 15.0. The van der Waals surface area contributed by atoms with E-state index < -0.39 is 0 Å². The van der Waals surface area contributed by atoms with Crippen LogP contribution in [0.5, 0.6) is 0 Å². The molecule has 0 aliphatic rings. The van der Waals surface area contributed by atoms with E-state index in [1.807, 2.05) is 0 Å².